The lowest BCUT2D eigenvalue weighted by Gasteiger charge is -2.18. The van der Waals surface area contributed by atoms with E-state index in [-0.39, 0.29) is 0 Å². The zero-order chi connectivity index (χ0) is 38.6. The Morgan fingerprint density at radius 3 is 1.66 bits per heavy atom. The fourth-order valence-corrected chi connectivity index (χ4v) is 12.2. The molecule has 0 spiro atoms. The summed E-state index contributed by atoms with van der Waals surface area (Å²) in [5.41, 5.74) is 10.6. The van der Waals surface area contributed by atoms with E-state index in [1.165, 1.54) is 106 Å². The van der Waals surface area contributed by atoms with Crippen molar-refractivity contribution in [2.45, 2.75) is 0 Å². The molecule has 1 nitrogen and oxygen atoms in total. The highest BCUT2D eigenvalue weighted by molar-refractivity contribution is 7.27. The van der Waals surface area contributed by atoms with E-state index in [0.717, 1.165) is 22.1 Å². The largest absolute Gasteiger partial charge is 0.456 e. The number of fused-ring (bicyclic) bond motifs is 12. The van der Waals surface area contributed by atoms with Crippen molar-refractivity contribution >= 4 is 107 Å². The maximum absolute atomic E-state index is 6.61. The molecule has 0 N–H and O–H groups in total. The molecule has 0 atom stereocenters. The predicted molar refractivity (Wildman–Crippen MR) is 256 cm³/mol. The molecule has 0 bridgehead atoms. The summed E-state index contributed by atoms with van der Waals surface area (Å²) in [5, 5.41) is 13.7. The molecule has 0 aliphatic heterocycles. The summed E-state index contributed by atoms with van der Waals surface area (Å²) in [6.07, 6.45) is 0. The van der Waals surface area contributed by atoms with Crippen LogP contribution in [0.15, 0.2) is 199 Å². The number of furan rings is 1. The van der Waals surface area contributed by atoms with Gasteiger partial charge in [0, 0.05) is 57.0 Å². The average molecular weight is 785 g/mol. The predicted octanol–water partition coefficient (Wildman–Crippen LogP) is 17.3. The molecule has 3 heteroatoms. The molecule has 0 saturated heterocycles. The van der Waals surface area contributed by atoms with E-state index in [0.29, 0.717) is 0 Å². The van der Waals surface area contributed by atoms with E-state index < -0.39 is 0 Å². The Bertz CT molecular complexity index is 3770. The van der Waals surface area contributed by atoms with Gasteiger partial charge in [0.25, 0.3) is 0 Å². The van der Waals surface area contributed by atoms with Crippen molar-refractivity contribution in [1.82, 2.24) is 0 Å². The molecule has 59 heavy (non-hydrogen) atoms. The highest BCUT2D eigenvalue weighted by atomic mass is 32.1. The lowest BCUT2D eigenvalue weighted by Crippen LogP contribution is -1.91. The SMILES string of the molecule is c1ccc(-c2sc3ccc4sc5c(-c6c7ccccc7c(-c7ccc8c(c7)oc7ccc9ccccc9c78)c7ccccc67)cccc5c4c3c2-c2ccccc2)cc1. The van der Waals surface area contributed by atoms with Gasteiger partial charge in [-0.2, -0.15) is 0 Å². The van der Waals surface area contributed by atoms with Crippen molar-refractivity contribution < 1.29 is 4.42 Å². The Hall–Kier alpha value is -7.04. The second-order valence-corrected chi connectivity index (χ2v) is 17.6. The fourth-order valence-electron chi connectivity index (χ4n) is 9.78. The van der Waals surface area contributed by atoms with Gasteiger partial charge in [0.2, 0.25) is 0 Å². The van der Waals surface area contributed by atoms with Crippen molar-refractivity contribution in [3.63, 3.8) is 0 Å². The summed E-state index contributed by atoms with van der Waals surface area (Å²) in [5.74, 6) is 0. The van der Waals surface area contributed by atoms with Crippen LogP contribution in [0.25, 0.3) is 128 Å². The van der Waals surface area contributed by atoms with Crippen molar-refractivity contribution in [2.24, 2.45) is 0 Å². The quantitative estimate of drug-likeness (QED) is 0.162. The summed E-state index contributed by atoms with van der Waals surface area (Å²) < 4.78 is 10.6. The average Bonchev–Trinajstić information content (AvgIpc) is 4.00. The van der Waals surface area contributed by atoms with Crippen LogP contribution < -0.4 is 0 Å². The monoisotopic (exact) mass is 784 g/mol. The number of benzene rings is 10. The maximum atomic E-state index is 6.61. The Kier molecular flexibility index (Phi) is 7.12. The molecule has 13 aromatic rings. The van der Waals surface area contributed by atoms with Gasteiger partial charge in [-0.1, -0.05) is 164 Å². The smallest absolute Gasteiger partial charge is 0.136 e. The maximum Gasteiger partial charge on any atom is 0.136 e. The van der Waals surface area contributed by atoms with Crippen molar-refractivity contribution in [2.75, 3.05) is 0 Å². The van der Waals surface area contributed by atoms with Gasteiger partial charge in [0.15, 0.2) is 0 Å². The van der Waals surface area contributed by atoms with E-state index in [9.17, 15) is 0 Å². The van der Waals surface area contributed by atoms with Gasteiger partial charge < -0.3 is 4.42 Å². The zero-order valence-corrected chi connectivity index (χ0v) is 33.3. The Morgan fingerprint density at radius 2 is 0.932 bits per heavy atom. The normalized spacial score (nSPS) is 12.1. The van der Waals surface area contributed by atoms with Gasteiger partial charge in [-0.05, 0) is 90.5 Å². The van der Waals surface area contributed by atoms with E-state index in [2.05, 4.69) is 194 Å². The second kappa shape index (κ2) is 12.7. The van der Waals surface area contributed by atoms with Crippen LogP contribution in [0.3, 0.4) is 0 Å². The topological polar surface area (TPSA) is 13.1 Å². The first-order valence-electron chi connectivity index (χ1n) is 20.1. The molecule has 10 aromatic carbocycles. The first-order chi connectivity index (χ1) is 29.3. The Balaban J connectivity index is 1.08. The van der Waals surface area contributed by atoms with Crippen LogP contribution in [0.1, 0.15) is 0 Å². The van der Waals surface area contributed by atoms with Crippen molar-refractivity contribution in [3.05, 3.63) is 194 Å². The molecule has 274 valence electrons. The third-order valence-corrected chi connectivity index (χ3v) is 14.7. The number of hydrogen-bond acceptors (Lipinski definition) is 3. The molecule has 3 aromatic heterocycles. The molecule has 0 fully saturated rings. The van der Waals surface area contributed by atoms with Gasteiger partial charge in [-0.25, -0.2) is 0 Å². The van der Waals surface area contributed by atoms with Gasteiger partial charge in [0.1, 0.15) is 11.2 Å². The Labute approximate surface area is 347 Å². The van der Waals surface area contributed by atoms with Crippen LogP contribution in [0, 0.1) is 0 Å². The second-order valence-electron chi connectivity index (χ2n) is 15.4. The van der Waals surface area contributed by atoms with Crippen LogP contribution in [-0.4, -0.2) is 0 Å². The highest BCUT2D eigenvalue weighted by Crippen LogP contribution is 2.53. The Morgan fingerprint density at radius 1 is 0.322 bits per heavy atom. The summed E-state index contributed by atoms with van der Waals surface area (Å²) in [7, 11) is 0. The number of thiophene rings is 2. The van der Waals surface area contributed by atoms with E-state index in [4.69, 9.17) is 4.42 Å². The molecule has 0 saturated carbocycles. The van der Waals surface area contributed by atoms with E-state index >= 15 is 0 Å². The lowest BCUT2D eigenvalue weighted by atomic mass is 9.85. The van der Waals surface area contributed by atoms with Crippen molar-refractivity contribution in [3.8, 4) is 43.8 Å². The molecule has 3 heterocycles. The minimum absolute atomic E-state index is 0.908. The lowest BCUT2D eigenvalue weighted by molar-refractivity contribution is 0.669. The van der Waals surface area contributed by atoms with Crippen LogP contribution in [0.4, 0.5) is 0 Å². The molecule has 0 amide bonds. The molecule has 0 radical (unpaired) electrons. The van der Waals surface area contributed by atoms with E-state index in [1.54, 1.807) is 0 Å². The van der Waals surface area contributed by atoms with Crippen LogP contribution in [0.5, 0.6) is 0 Å². The first-order valence-corrected chi connectivity index (χ1v) is 21.7. The molecule has 0 aliphatic rings. The first kappa shape index (κ1) is 33.0. The highest BCUT2D eigenvalue weighted by Gasteiger charge is 2.24. The summed E-state index contributed by atoms with van der Waals surface area (Å²) in [6, 6.07) is 71.1. The zero-order valence-electron chi connectivity index (χ0n) is 31.7. The molecule has 0 unspecified atom stereocenters. The number of hydrogen-bond donors (Lipinski definition) is 0. The van der Waals surface area contributed by atoms with E-state index in [1.807, 2.05) is 22.7 Å². The third kappa shape index (κ3) is 4.83. The van der Waals surface area contributed by atoms with Gasteiger partial charge in [-0.15, -0.1) is 22.7 Å². The van der Waals surface area contributed by atoms with Crippen LogP contribution in [0.2, 0.25) is 0 Å². The number of rotatable bonds is 4. The molecular formula is C56H32OS2. The summed E-state index contributed by atoms with van der Waals surface area (Å²) in [4.78, 5) is 1.32. The van der Waals surface area contributed by atoms with Gasteiger partial charge in [0.05, 0.1) is 0 Å². The molecule has 13 rings (SSSR count). The molecular weight excluding hydrogens is 753 g/mol. The molecule has 0 aliphatic carbocycles. The van der Waals surface area contributed by atoms with Crippen molar-refractivity contribution in [1.29, 1.82) is 0 Å². The van der Waals surface area contributed by atoms with Crippen LogP contribution in [-0.2, 0) is 0 Å². The third-order valence-electron chi connectivity index (χ3n) is 12.3. The summed E-state index contributed by atoms with van der Waals surface area (Å²) >= 11 is 3.82. The minimum atomic E-state index is 0.908. The summed E-state index contributed by atoms with van der Waals surface area (Å²) in [6.45, 7) is 0. The fraction of sp³-hybridized carbons (Fsp3) is 0. The van der Waals surface area contributed by atoms with Crippen LogP contribution >= 0.6 is 22.7 Å². The van der Waals surface area contributed by atoms with Gasteiger partial charge >= 0.3 is 0 Å². The standard InChI is InChI=1S/C56H32OS2/c1-3-15-34(16-4-1)50-54-48(58-55(50)35-17-5-2-6-18-35)31-30-47-53(54)44-25-13-24-43(56(44)59-47)51-40-22-11-9-20-38(40)49(39-21-10-12-23-41(39)51)36-26-28-42-46(32-36)57-45-29-27-33-14-7-8-19-37(33)52(42)45/h1-32H. The van der Waals surface area contributed by atoms with Gasteiger partial charge in [-0.3, -0.25) is 0 Å². The minimum Gasteiger partial charge on any atom is -0.456 e.